The van der Waals surface area contributed by atoms with Crippen LogP contribution >= 0.6 is 0 Å². The van der Waals surface area contributed by atoms with Crippen LogP contribution in [0.15, 0.2) is 66.7 Å². The molecule has 2 N–H and O–H groups in total. The largest absolute Gasteiger partial charge is 0.496 e. The van der Waals surface area contributed by atoms with Crippen LogP contribution in [0, 0.1) is 0 Å². The van der Waals surface area contributed by atoms with Crippen LogP contribution in [0.4, 0.5) is 4.79 Å². The fraction of sp³-hybridized carbons (Fsp3) is 0.276. The number of carboxylic acids is 1. The zero-order valence-electron chi connectivity index (χ0n) is 22.3. The number of carbonyl (C=O) groups is 3. The summed E-state index contributed by atoms with van der Waals surface area (Å²) < 4.78 is 35.5. The number of carboxylic acid groups (broad SMARTS) is 1. The first-order chi connectivity index (χ1) is 19.0. The normalized spacial score (nSPS) is 13.1. The number of rotatable bonds is 10. The Hall–Kier alpha value is -4.38. The van der Waals surface area contributed by atoms with Crippen molar-refractivity contribution in [2.24, 2.45) is 0 Å². The van der Waals surface area contributed by atoms with Gasteiger partial charge in [0.25, 0.3) is 5.91 Å². The minimum absolute atomic E-state index is 0.0159. The summed E-state index contributed by atoms with van der Waals surface area (Å²) in [5.74, 6) is -2.05. The van der Waals surface area contributed by atoms with E-state index < -0.39 is 34.0 Å². The molecule has 0 spiro atoms. The number of aliphatic carboxylic acids is 1. The molecule has 1 unspecified atom stereocenters. The van der Waals surface area contributed by atoms with Gasteiger partial charge in [-0.3, -0.25) is 9.69 Å². The minimum Gasteiger partial charge on any atom is -0.496 e. The Labute approximate surface area is 232 Å². The molecule has 0 bridgehead atoms. The van der Waals surface area contributed by atoms with E-state index in [9.17, 15) is 27.9 Å². The zero-order valence-corrected chi connectivity index (χ0v) is 23.1. The third-order valence-corrected chi connectivity index (χ3v) is 7.43. The summed E-state index contributed by atoms with van der Waals surface area (Å²) in [4.78, 5) is 38.3. The molecule has 3 aromatic rings. The van der Waals surface area contributed by atoms with Gasteiger partial charge in [-0.1, -0.05) is 54.6 Å². The quantitative estimate of drug-likeness (QED) is 0.379. The monoisotopic (exact) mass is 566 g/mol. The highest BCUT2D eigenvalue weighted by Gasteiger charge is 2.32. The average molecular weight is 567 g/mol. The van der Waals surface area contributed by atoms with Crippen molar-refractivity contribution >= 4 is 28.0 Å². The Kier molecular flexibility index (Phi) is 8.43. The Bertz CT molecular complexity index is 1510. The first-order valence-corrected chi connectivity index (χ1v) is 14.4. The lowest BCUT2D eigenvalue weighted by Gasteiger charge is -2.25. The van der Waals surface area contributed by atoms with Gasteiger partial charge in [0, 0.05) is 13.0 Å². The third kappa shape index (κ3) is 6.26. The predicted molar refractivity (Wildman–Crippen MR) is 148 cm³/mol. The van der Waals surface area contributed by atoms with Gasteiger partial charge in [0.2, 0.25) is 10.0 Å². The number of benzene rings is 3. The Morgan fingerprint density at radius 3 is 2.15 bits per heavy atom. The zero-order chi connectivity index (χ0) is 29.0. The van der Waals surface area contributed by atoms with E-state index in [0.29, 0.717) is 5.56 Å². The SMILES string of the molecule is COc1cc(CCC(C(=O)O)N(C)C(=O)OCC2c3ccccc3-c3ccccc32)ccc1C(=O)NS(C)(=O)=O. The van der Waals surface area contributed by atoms with Gasteiger partial charge in [-0.2, -0.15) is 0 Å². The van der Waals surface area contributed by atoms with E-state index in [1.54, 1.807) is 6.07 Å². The third-order valence-electron chi connectivity index (χ3n) is 6.87. The van der Waals surface area contributed by atoms with Crippen molar-refractivity contribution in [1.29, 1.82) is 0 Å². The lowest BCUT2D eigenvalue weighted by molar-refractivity contribution is -0.142. The van der Waals surface area contributed by atoms with Crippen molar-refractivity contribution in [3.05, 3.63) is 89.0 Å². The number of nitrogens with one attached hydrogen (secondary N) is 1. The van der Waals surface area contributed by atoms with E-state index >= 15 is 0 Å². The fourth-order valence-corrected chi connectivity index (χ4v) is 5.36. The van der Waals surface area contributed by atoms with E-state index in [0.717, 1.165) is 33.4 Å². The molecule has 0 heterocycles. The lowest BCUT2D eigenvalue weighted by Crippen LogP contribution is -2.43. The summed E-state index contributed by atoms with van der Waals surface area (Å²) in [6.45, 7) is 0.0672. The number of methoxy groups -OCH3 is 1. The molecule has 3 aromatic carbocycles. The van der Waals surface area contributed by atoms with Gasteiger partial charge in [-0.25, -0.2) is 22.7 Å². The van der Waals surface area contributed by atoms with Crippen LogP contribution in [0.5, 0.6) is 5.75 Å². The molecule has 0 saturated carbocycles. The standard InChI is InChI=1S/C29H30N2O8S/c1-31(29(35)39-17-24-21-10-6-4-8-19(21)20-9-5-7-11-22(20)24)25(28(33)34)15-13-18-12-14-23(26(16-18)38-2)27(32)30-40(3,36)37/h4-12,14,16,24-25H,13,15,17H2,1-3H3,(H,30,32)(H,33,34). The highest BCUT2D eigenvalue weighted by molar-refractivity contribution is 7.89. The molecule has 1 atom stereocenters. The van der Waals surface area contributed by atoms with E-state index in [2.05, 4.69) is 0 Å². The minimum atomic E-state index is -3.76. The Morgan fingerprint density at radius 2 is 1.60 bits per heavy atom. The molecule has 210 valence electrons. The van der Waals surface area contributed by atoms with Gasteiger partial charge < -0.3 is 14.6 Å². The molecule has 1 aliphatic rings. The van der Waals surface area contributed by atoms with Crippen LogP contribution in [0.25, 0.3) is 11.1 Å². The van der Waals surface area contributed by atoms with Gasteiger partial charge in [0.1, 0.15) is 18.4 Å². The van der Waals surface area contributed by atoms with Gasteiger partial charge in [-0.05, 0) is 52.8 Å². The molecule has 0 saturated heterocycles. The molecule has 11 heteroatoms. The summed E-state index contributed by atoms with van der Waals surface area (Å²) in [5, 5.41) is 9.85. The summed E-state index contributed by atoms with van der Waals surface area (Å²) in [6, 6.07) is 19.2. The van der Waals surface area contributed by atoms with Gasteiger partial charge in [-0.15, -0.1) is 0 Å². The van der Waals surface area contributed by atoms with Crippen LogP contribution in [0.2, 0.25) is 0 Å². The maximum absolute atomic E-state index is 12.9. The number of carbonyl (C=O) groups excluding carboxylic acids is 2. The molecule has 1 aliphatic carbocycles. The van der Waals surface area contributed by atoms with Crippen molar-refractivity contribution in [3.63, 3.8) is 0 Å². The first-order valence-electron chi connectivity index (χ1n) is 12.5. The second kappa shape index (κ2) is 11.8. The van der Waals surface area contributed by atoms with Crippen LogP contribution in [0.3, 0.4) is 0 Å². The number of aryl methyl sites for hydroxylation is 1. The van der Waals surface area contributed by atoms with E-state index in [1.807, 2.05) is 53.3 Å². The molecule has 0 aliphatic heterocycles. The second-order valence-corrected chi connectivity index (χ2v) is 11.3. The number of hydrogen-bond donors (Lipinski definition) is 2. The van der Waals surface area contributed by atoms with Crippen LogP contribution < -0.4 is 9.46 Å². The van der Waals surface area contributed by atoms with E-state index in [-0.39, 0.29) is 36.7 Å². The number of likely N-dealkylation sites (N-methyl/N-ethyl adjacent to an activating group) is 1. The highest BCUT2D eigenvalue weighted by atomic mass is 32.2. The molecule has 0 radical (unpaired) electrons. The Morgan fingerprint density at radius 1 is 1.00 bits per heavy atom. The van der Waals surface area contributed by atoms with E-state index in [4.69, 9.17) is 9.47 Å². The van der Waals surface area contributed by atoms with Crippen LogP contribution in [0.1, 0.15) is 39.4 Å². The molecule has 40 heavy (non-hydrogen) atoms. The summed E-state index contributed by atoms with van der Waals surface area (Å²) in [7, 11) is -1.04. The Balaban J connectivity index is 1.42. The predicted octanol–water partition coefficient (Wildman–Crippen LogP) is 3.65. The summed E-state index contributed by atoms with van der Waals surface area (Å²) >= 11 is 0. The van der Waals surface area contributed by atoms with Crippen LogP contribution in [-0.2, 0) is 26.0 Å². The number of nitrogens with zero attached hydrogens (tertiary/aromatic N) is 1. The molecule has 0 aromatic heterocycles. The second-order valence-electron chi connectivity index (χ2n) is 9.55. The maximum atomic E-state index is 12.9. The van der Waals surface area contributed by atoms with Crippen molar-refractivity contribution in [3.8, 4) is 16.9 Å². The molecular weight excluding hydrogens is 536 g/mol. The topological polar surface area (TPSA) is 139 Å². The highest BCUT2D eigenvalue weighted by Crippen LogP contribution is 2.44. The van der Waals surface area contributed by atoms with Crippen molar-refractivity contribution < 1.29 is 37.4 Å². The lowest BCUT2D eigenvalue weighted by atomic mass is 9.98. The van der Waals surface area contributed by atoms with Crippen molar-refractivity contribution in [2.45, 2.75) is 24.8 Å². The van der Waals surface area contributed by atoms with Gasteiger partial charge >= 0.3 is 12.1 Å². The van der Waals surface area contributed by atoms with E-state index in [1.165, 1.54) is 26.3 Å². The first kappa shape index (κ1) is 28.6. The molecule has 4 rings (SSSR count). The van der Waals surface area contributed by atoms with Gasteiger partial charge in [0.05, 0.1) is 18.9 Å². The van der Waals surface area contributed by atoms with Gasteiger partial charge in [0.15, 0.2) is 0 Å². The number of sulfonamides is 1. The number of fused-ring (bicyclic) bond motifs is 3. The smallest absolute Gasteiger partial charge is 0.410 e. The summed E-state index contributed by atoms with van der Waals surface area (Å²) in [5.41, 5.74) is 4.94. The molecule has 2 amide bonds. The fourth-order valence-electron chi connectivity index (χ4n) is 4.91. The van der Waals surface area contributed by atoms with Crippen molar-refractivity contribution in [2.75, 3.05) is 27.0 Å². The number of ether oxygens (including phenoxy) is 2. The van der Waals surface area contributed by atoms with Crippen LogP contribution in [-0.4, -0.2) is 69.5 Å². The summed E-state index contributed by atoms with van der Waals surface area (Å²) in [6.07, 6.45) is 0.418. The molecule has 10 nitrogen and oxygen atoms in total. The molecule has 0 fully saturated rings. The molecular formula is C29H30N2O8S. The van der Waals surface area contributed by atoms with Crippen molar-refractivity contribution in [1.82, 2.24) is 9.62 Å². The number of amides is 2. The average Bonchev–Trinajstić information content (AvgIpc) is 3.24. The maximum Gasteiger partial charge on any atom is 0.410 e. The number of hydrogen-bond acceptors (Lipinski definition) is 7.